The molecule has 0 unspecified atom stereocenters. The van der Waals surface area contributed by atoms with Crippen LogP contribution < -0.4 is 0 Å². The number of thiophene rings is 1. The molecule has 0 aliphatic carbocycles. The highest BCUT2D eigenvalue weighted by Crippen LogP contribution is 2.24. The smallest absolute Gasteiger partial charge is 0.340 e. The monoisotopic (exact) mass is 376 g/mol. The topological polar surface area (TPSA) is 65.2 Å². The summed E-state index contributed by atoms with van der Waals surface area (Å²) in [5.41, 5.74) is 3.36. The van der Waals surface area contributed by atoms with Crippen LogP contribution in [0.25, 0.3) is 22.0 Å². The van der Waals surface area contributed by atoms with Crippen LogP contribution in [-0.2, 0) is 11.3 Å². The van der Waals surface area contributed by atoms with Crippen molar-refractivity contribution >= 4 is 17.3 Å². The van der Waals surface area contributed by atoms with Crippen molar-refractivity contribution in [2.75, 3.05) is 0 Å². The molecule has 0 bridgehead atoms. The normalized spacial score (nSPS) is 10.7. The van der Waals surface area contributed by atoms with Crippen LogP contribution >= 0.6 is 11.3 Å². The van der Waals surface area contributed by atoms with Gasteiger partial charge in [0, 0.05) is 5.56 Å². The van der Waals surface area contributed by atoms with Crippen molar-refractivity contribution in [2.45, 2.75) is 13.5 Å². The number of rotatable bonds is 5. The lowest BCUT2D eigenvalue weighted by Gasteiger charge is -2.07. The quantitative estimate of drug-likeness (QED) is 0.452. The van der Waals surface area contributed by atoms with Gasteiger partial charge in [0.15, 0.2) is 0 Å². The maximum Gasteiger partial charge on any atom is 0.340 e. The number of carbonyl (C=O) groups excluding carboxylic acids is 1. The van der Waals surface area contributed by atoms with E-state index in [1.807, 2.05) is 53.9 Å². The number of ether oxygens (including phenoxy) is 1. The van der Waals surface area contributed by atoms with Gasteiger partial charge in [-0.25, -0.2) is 9.78 Å². The lowest BCUT2D eigenvalue weighted by atomic mass is 10.2. The van der Waals surface area contributed by atoms with E-state index in [2.05, 4.69) is 9.97 Å². The lowest BCUT2D eigenvalue weighted by molar-refractivity contribution is 0.0466. The summed E-state index contributed by atoms with van der Waals surface area (Å²) in [5, 5.41) is 2.00. The molecule has 0 aliphatic rings. The zero-order chi connectivity index (χ0) is 18.6. The molecule has 6 heteroatoms. The molecular weight excluding hydrogens is 360 g/mol. The van der Waals surface area contributed by atoms with E-state index in [-0.39, 0.29) is 6.61 Å². The highest BCUT2D eigenvalue weighted by atomic mass is 32.1. The molecule has 0 spiro atoms. The second kappa shape index (κ2) is 7.55. The molecule has 0 amide bonds. The van der Waals surface area contributed by atoms with Gasteiger partial charge in [-0.3, -0.25) is 4.98 Å². The summed E-state index contributed by atoms with van der Waals surface area (Å²) in [6, 6.07) is 17.1. The molecule has 27 heavy (non-hydrogen) atoms. The first-order valence-corrected chi connectivity index (χ1v) is 9.27. The van der Waals surface area contributed by atoms with E-state index in [9.17, 15) is 4.79 Å². The van der Waals surface area contributed by atoms with Gasteiger partial charge in [0.25, 0.3) is 0 Å². The molecule has 0 saturated heterocycles. The average Bonchev–Trinajstić information content (AvgIpc) is 3.39. The third-order valence-corrected chi connectivity index (χ3v) is 4.90. The van der Waals surface area contributed by atoms with Gasteiger partial charge in [0.05, 0.1) is 21.8 Å². The predicted molar refractivity (Wildman–Crippen MR) is 103 cm³/mol. The van der Waals surface area contributed by atoms with Gasteiger partial charge in [-0.2, -0.15) is 0 Å². The van der Waals surface area contributed by atoms with Crippen molar-refractivity contribution < 1.29 is 13.9 Å². The van der Waals surface area contributed by atoms with E-state index in [4.69, 9.17) is 9.15 Å². The Hall–Kier alpha value is -3.25. The second-order valence-corrected chi connectivity index (χ2v) is 6.84. The molecule has 4 aromatic rings. The zero-order valence-corrected chi connectivity index (χ0v) is 15.4. The first-order chi connectivity index (χ1) is 13.2. The molecule has 1 aromatic carbocycles. The van der Waals surface area contributed by atoms with Gasteiger partial charge in [-0.1, -0.05) is 24.3 Å². The minimum Gasteiger partial charge on any atom is -0.455 e. The minimum atomic E-state index is -0.429. The predicted octanol–water partition coefficient (Wildman–Crippen LogP) is 5.13. The van der Waals surface area contributed by atoms with E-state index in [0.29, 0.717) is 22.8 Å². The van der Waals surface area contributed by atoms with E-state index in [1.165, 1.54) is 6.26 Å². The van der Waals surface area contributed by atoms with Gasteiger partial charge in [-0.15, -0.1) is 11.3 Å². The molecule has 0 N–H and O–H groups in total. The maximum atomic E-state index is 12.4. The Balaban J connectivity index is 1.43. The van der Waals surface area contributed by atoms with Crippen molar-refractivity contribution in [3.8, 4) is 22.0 Å². The number of nitrogens with zero attached hydrogens (tertiary/aromatic N) is 2. The number of carbonyl (C=O) groups is 1. The highest BCUT2D eigenvalue weighted by Gasteiger charge is 2.15. The first-order valence-electron chi connectivity index (χ1n) is 8.39. The van der Waals surface area contributed by atoms with E-state index >= 15 is 0 Å². The van der Waals surface area contributed by atoms with Crippen LogP contribution in [0.2, 0.25) is 0 Å². The molecule has 134 valence electrons. The largest absolute Gasteiger partial charge is 0.455 e. The van der Waals surface area contributed by atoms with E-state index in [0.717, 1.165) is 16.1 Å². The summed E-state index contributed by atoms with van der Waals surface area (Å²) in [7, 11) is 0. The van der Waals surface area contributed by atoms with Crippen LogP contribution in [0, 0.1) is 6.92 Å². The summed E-state index contributed by atoms with van der Waals surface area (Å²) < 4.78 is 10.8. The number of aromatic nitrogens is 2. The number of benzene rings is 1. The van der Waals surface area contributed by atoms with Gasteiger partial charge < -0.3 is 9.15 Å². The number of aryl methyl sites for hydroxylation is 1. The summed E-state index contributed by atoms with van der Waals surface area (Å²) in [6.45, 7) is 1.85. The van der Waals surface area contributed by atoms with Crippen LogP contribution in [0.4, 0.5) is 0 Å². The summed E-state index contributed by atoms with van der Waals surface area (Å²) in [4.78, 5) is 22.3. The van der Waals surface area contributed by atoms with Crippen LogP contribution in [0.5, 0.6) is 0 Å². The fraction of sp³-hybridized carbons (Fsp3) is 0.0952. The molecule has 3 heterocycles. The molecule has 4 rings (SSSR count). The van der Waals surface area contributed by atoms with Gasteiger partial charge in [0.1, 0.15) is 18.6 Å². The minimum absolute atomic E-state index is 0.0429. The lowest BCUT2D eigenvalue weighted by Crippen LogP contribution is -2.08. The van der Waals surface area contributed by atoms with E-state index in [1.54, 1.807) is 24.3 Å². The van der Waals surface area contributed by atoms with Crippen molar-refractivity contribution in [3.05, 3.63) is 83.2 Å². The molecular formula is C21H16N2O3S. The van der Waals surface area contributed by atoms with Gasteiger partial charge in [-0.05, 0) is 42.6 Å². The Morgan fingerprint density at radius 1 is 1.07 bits per heavy atom. The van der Waals surface area contributed by atoms with Crippen LogP contribution in [0.1, 0.15) is 21.7 Å². The molecule has 5 nitrogen and oxygen atoms in total. The van der Waals surface area contributed by atoms with Gasteiger partial charge in [0.2, 0.25) is 5.89 Å². The summed E-state index contributed by atoms with van der Waals surface area (Å²) in [5.74, 6) is 0.0711. The fourth-order valence-electron chi connectivity index (χ4n) is 2.64. The van der Waals surface area contributed by atoms with Crippen LogP contribution in [0.3, 0.4) is 0 Å². The summed E-state index contributed by atoms with van der Waals surface area (Å²) in [6.07, 6.45) is 1.50. The Kier molecular flexibility index (Phi) is 4.80. The number of oxazole rings is 1. The number of hydrogen-bond acceptors (Lipinski definition) is 6. The van der Waals surface area contributed by atoms with Crippen molar-refractivity contribution in [1.82, 2.24) is 9.97 Å². The number of esters is 1. The Morgan fingerprint density at radius 2 is 1.93 bits per heavy atom. The first kappa shape index (κ1) is 17.2. The summed E-state index contributed by atoms with van der Waals surface area (Å²) >= 11 is 1.61. The molecule has 0 radical (unpaired) electrons. The SMILES string of the molecule is Cc1nc(-c2cccs2)ccc1C(=O)OCc1coc(-c2ccccc2)n1. The van der Waals surface area contributed by atoms with Crippen LogP contribution in [-0.4, -0.2) is 15.9 Å². The second-order valence-electron chi connectivity index (χ2n) is 5.89. The van der Waals surface area contributed by atoms with E-state index < -0.39 is 5.97 Å². The maximum absolute atomic E-state index is 12.4. The zero-order valence-electron chi connectivity index (χ0n) is 14.6. The molecule has 0 saturated carbocycles. The highest BCUT2D eigenvalue weighted by molar-refractivity contribution is 7.13. The molecule has 0 atom stereocenters. The van der Waals surface area contributed by atoms with Crippen molar-refractivity contribution in [1.29, 1.82) is 0 Å². The molecule has 0 fully saturated rings. The fourth-order valence-corrected chi connectivity index (χ4v) is 3.34. The Labute approximate surface area is 160 Å². The number of hydrogen-bond donors (Lipinski definition) is 0. The van der Waals surface area contributed by atoms with Crippen molar-refractivity contribution in [3.63, 3.8) is 0 Å². The third-order valence-electron chi connectivity index (χ3n) is 4.00. The Bertz CT molecular complexity index is 1060. The van der Waals surface area contributed by atoms with Gasteiger partial charge >= 0.3 is 5.97 Å². The van der Waals surface area contributed by atoms with Crippen LogP contribution in [0.15, 0.2) is 70.7 Å². The third kappa shape index (κ3) is 3.80. The Morgan fingerprint density at radius 3 is 2.67 bits per heavy atom. The standard InChI is InChI=1S/C21H16N2O3S/c1-14-17(9-10-18(22-14)19-8-5-11-27-19)21(24)26-13-16-12-25-20(23-16)15-6-3-2-4-7-15/h2-12H,13H2,1H3. The molecule has 3 aromatic heterocycles. The average molecular weight is 376 g/mol. The molecule has 0 aliphatic heterocycles. The number of pyridine rings is 1. The van der Waals surface area contributed by atoms with Crippen molar-refractivity contribution in [2.24, 2.45) is 0 Å².